The second kappa shape index (κ2) is 10.5. The number of aliphatic hydroxyl groups is 2. The maximum absolute atomic E-state index is 13.5. The zero-order valence-corrected chi connectivity index (χ0v) is 21.8. The Hall–Kier alpha value is -3.07. The molecule has 0 fully saturated rings. The third-order valence-electron chi connectivity index (χ3n) is 6.42. The highest BCUT2D eigenvalue weighted by molar-refractivity contribution is 7.74. The second-order valence-corrected chi connectivity index (χ2v) is 14.9. The van der Waals surface area contributed by atoms with Gasteiger partial charge in [0.2, 0.25) is 5.78 Å². The van der Waals surface area contributed by atoms with Gasteiger partial charge in [0.1, 0.15) is 14.3 Å². The van der Waals surface area contributed by atoms with Gasteiger partial charge < -0.3 is 19.3 Å². The Kier molecular flexibility index (Phi) is 7.59. The molecule has 0 radical (unpaired) electrons. The van der Waals surface area contributed by atoms with Crippen molar-refractivity contribution >= 4 is 30.7 Å². The standard InChI is InChI=1S/C29H28O5P2/c1-35(33,25-17-13-23(14-18-25)21-9-5-3-6-10-21)28(31)27(30)29(32)36(2,34)26-19-15-24(16-20-26)22-11-7-4-8-12-22/h3-20,28-29,31-32H,1-2H3. The molecule has 0 aliphatic heterocycles. The van der Waals surface area contributed by atoms with Gasteiger partial charge in [-0.2, -0.15) is 0 Å². The number of rotatable bonds is 8. The molecule has 0 spiro atoms. The first-order valence-corrected chi connectivity index (χ1v) is 15.9. The second-order valence-electron chi connectivity index (χ2n) is 8.96. The molecule has 4 aromatic carbocycles. The molecule has 36 heavy (non-hydrogen) atoms. The van der Waals surface area contributed by atoms with Crippen molar-refractivity contribution in [3.8, 4) is 22.3 Å². The van der Waals surface area contributed by atoms with Crippen LogP contribution in [0.25, 0.3) is 22.3 Å². The fraction of sp³-hybridized carbons (Fsp3) is 0.138. The molecule has 4 rings (SSSR count). The average molecular weight is 518 g/mol. The van der Waals surface area contributed by atoms with Crippen molar-refractivity contribution in [3.05, 3.63) is 109 Å². The Morgan fingerprint density at radius 3 is 1.11 bits per heavy atom. The van der Waals surface area contributed by atoms with Crippen LogP contribution in [0, 0.1) is 0 Å². The number of ketones is 1. The van der Waals surface area contributed by atoms with E-state index in [2.05, 4.69) is 0 Å². The molecule has 184 valence electrons. The Balaban J connectivity index is 1.53. The maximum atomic E-state index is 13.5. The van der Waals surface area contributed by atoms with Gasteiger partial charge in [0.15, 0.2) is 11.7 Å². The van der Waals surface area contributed by atoms with Gasteiger partial charge in [0.25, 0.3) is 0 Å². The molecule has 0 bridgehead atoms. The molecule has 0 aromatic heterocycles. The summed E-state index contributed by atoms with van der Waals surface area (Å²) >= 11 is 0. The fourth-order valence-electron chi connectivity index (χ4n) is 4.06. The lowest BCUT2D eigenvalue weighted by Gasteiger charge is -2.25. The smallest absolute Gasteiger partial charge is 0.205 e. The number of Topliss-reactive ketones (excluding diaryl/α,β-unsaturated/α-hetero) is 1. The molecule has 2 N–H and O–H groups in total. The van der Waals surface area contributed by atoms with E-state index in [9.17, 15) is 24.1 Å². The predicted molar refractivity (Wildman–Crippen MR) is 147 cm³/mol. The summed E-state index contributed by atoms with van der Waals surface area (Å²) in [6, 6.07) is 32.8. The van der Waals surface area contributed by atoms with Crippen LogP contribution in [-0.2, 0) is 13.9 Å². The van der Waals surface area contributed by atoms with Gasteiger partial charge in [0, 0.05) is 10.6 Å². The van der Waals surface area contributed by atoms with Crippen LogP contribution in [0.1, 0.15) is 0 Å². The van der Waals surface area contributed by atoms with E-state index in [1.807, 2.05) is 60.7 Å². The van der Waals surface area contributed by atoms with Gasteiger partial charge in [0.05, 0.1) is 0 Å². The minimum Gasteiger partial charge on any atom is -0.377 e. The van der Waals surface area contributed by atoms with E-state index in [4.69, 9.17) is 0 Å². The Bertz CT molecular complexity index is 1320. The highest BCUT2D eigenvalue weighted by Gasteiger charge is 2.43. The van der Waals surface area contributed by atoms with Gasteiger partial charge in [-0.15, -0.1) is 0 Å². The van der Waals surface area contributed by atoms with E-state index in [1.54, 1.807) is 48.5 Å². The summed E-state index contributed by atoms with van der Waals surface area (Å²) in [6.45, 7) is 2.60. The topological polar surface area (TPSA) is 91.7 Å². The lowest BCUT2D eigenvalue weighted by atomic mass is 10.1. The van der Waals surface area contributed by atoms with Crippen molar-refractivity contribution in [1.29, 1.82) is 0 Å². The monoisotopic (exact) mass is 518 g/mol. The summed E-state index contributed by atoms with van der Waals surface area (Å²) in [5, 5.41) is 22.1. The number of carbonyl (C=O) groups excluding carboxylic acids is 1. The maximum Gasteiger partial charge on any atom is 0.205 e. The highest BCUT2D eigenvalue weighted by atomic mass is 31.2. The van der Waals surface area contributed by atoms with Gasteiger partial charge in [-0.3, -0.25) is 4.79 Å². The molecule has 4 atom stereocenters. The van der Waals surface area contributed by atoms with Crippen LogP contribution in [0.2, 0.25) is 0 Å². The van der Waals surface area contributed by atoms with Gasteiger partial charge in [-0.1, -0.05) is 109 Å². The largest absolute Gasteiger partial charge is 0.377 e. The van der Waals surface area contributed by atoms with Crippen molar-refractivity contribution in [2.45, 2.75) is 11.7 Å². The molecular weight excluding hydrogens is 490 g/mol. The van der Waals surface area contributed by atoms with Crippen molar-refractivity contribution in [2.75, 3.05) is 13.3 Å². The minimum atomic E-state index is -3.64. The molecule has 0 aliphatic carbocycles. The zero-order valence-electron chi connectivity index (χ0n) is 20.1. The lowest BCUT2D eigenvalue weighted by Crippen LogP contribution is -2.36. The normalized spacial score (nSPS) is 16.3. The number of hydrogen-bond acceptors (Lipinski definition) is 5. The van der Waals surface area contributed by atoms with E-state index in [-0.39, 0.29) is 0 Å². The zero-order chi connectivity index (χ0) is 25.9. The third-order valence-corrected chi connectivity index (χ3v) is 11.4. The quantitative estimate of drug-likeness (QED) is 0.315. The number of aliphatic hydroxyl groups excluding tert-OH is 2. The summed E-state index contributed by atoms with van der Waals surface area (Å²) in [4.78, 5) is 13.0. The SMILES string of the molecule is CP(=O)(c1ccc(-c2ccccc2)cc1)C(O)C(=O)C(O)P(C)(=O)c1ccc(-c2ccccc2)cc1. The van der Waals surface area contributed by atoms with Crippen molar-refractivity contribution < 1.29 is 24.1 Å². The Morgan fingerprint density at radius 2 is 0.806 bits per heavy atom. The third kappa shape index (κ3) is 5.21. The number of carbonyl (C=O) groups is 1. The van der Waals surface area contributed by atoms with Gasteiger partial charge in [-0.25, -0.2) is 0 Å². The van der Waals surface area contributed by atoms with Crippen molar-refractivity contribution in [1.82, 2.24) is 0 Å². The van der Waals surface area contributed by atoms with Crippen LogP contribution < -0.4 is 10.6 Å². The first-order valence-electron chi connectivity index (χ1n) is 11.5. The van der Waals surface area contributed by atoms with Gasteiger partial charge in [-0.05, 0) is 35.6 Å². The molecule has 4 unspecified atom stereocenters. The predicted octanol–water partition coefficient (Wildman–Crippen LogP) is 5.16. The van der Waals surface area contributed by atoms with Crippen LogP contribution in [0.15, 0.2) is 109 Å². The fourth-order valence-corrected chi connectivity index (χ4v) is 7.48. The molecule has 0 amide bonds. The average Bonchev–Trinajstić information content (AvgIpc) is 2.93. The summed E-state index contributed by atoms with van der Waals surface area (Å²) in [5.41, 5.74) is 3.76. The lowest BCUT2D eigenvalue weighted by molar-refractivity contribution is -0.128. The molecule has 0 saturated carbocycles. The summed E-state index contributed by atoms with van der Waals surface area (Å²) in [7, 11) is -7.28. The minimum absolute atomic E-state index is 0.299. The Labute approximate surface area is 211 Å². The van der Waals surface area contributed by atoms with Crippen molar-refractivity contribution in [2.24, 2.45) is 0 Å². The van der Waals surface area contributed by atoms with E-state index in [0.29, 0.717) is 10.6 Å². The van der Waals surface area contributed by atoms with E-state index < -0.39 is 31.8 Å². The Morgan fingerprint density at radius 1 is 0.528 bits per heavy atom. The molecule has 0 aliphatic rings. The first-order chi connectivity index (χ1) is 17.1. The summed E-state index contributed by atoms with van der Waals surface area (Å²) in [5.74, 6) is -5.06. The highest BCUT2D eigenvalue weighted by Crippen LogP contribution is 2.51. The molecule has 0 saturated heterocycles. The molecule has 4 aromatic rings. The molecular formula is C29H28O5P2. The van der Waals surface area contributed by atoms with E-state index in [0.717, 1.165) is 22.3 Å². The molecule has 5 nitrogen and oxygen atoms in total. The number of hydrogen-bond donors (Lipinski definition) is 2. The van der Waals surface area contributed by atoms with E-state index in [1.165, 1.54) is 13.3 Å². The van der Waals surface area contributed by atoms with E-state index >= 15 is 0 Å². The van der Waals surface area contributed by atoms with Crippen LogP contribution in [0.3, 0.4) is 0 Å². The van der Waals surface area contributed by atoms with Crippen LogP contribution in [-0.4, -0.2) is 41.0 Å². The van der Waals surface area contributed by atoms with Crippen LogP contribution in [0.4, 0.5) is 0 Å². The molecule has 7 heteroatoms. The van der Waals surface area contributed by atoms with Crippen molar-refractivity contribution in [3.63, 3.8) is 0 Å². The first kappa shape index (κ1) is 26.0. The summed E-state index contributed by atoms with van der Waals surface area (Å²) in [6.07, 6.45) is 0. The molecule has 0 heterocycles. The van der Waals surface area contributed by atoms with Crippen LogP contribution >= 0.6 is 14.3 Å². The summed E-state index contributed by atoms with van der Waals surface area (Å²) < 4.78 is 27.0. The van der Waals surface area contributed by atoms with Crippen LogP contribution in [0.5, 0.6) is 0 Å². The number of benzene rings is 4. The van der Waals surface area contributed by atoms with Gasteiger partial charge >= 0.3 is 0 Å².